The summed E-state index contributed by atoms with van der Waals surface area (Å²) >= 11 is 0. The minimum Gasteiger partial charge on any atom is -0.508 e. The van der Waals surface area contributed by atoms with E-state index in [9.17, 15) is 5.11 Å². The molecule has 3 heteroatoms. The zero-order chi connectivity index (χ0) is 9.97. The molecule has 0 saturated carbocycles. The lowest BCUT2D eigenvalue weighted by atomic mass is 10.3. The van der Waals surface area contributed by atoms with Crippen molar-refractivity contribution in [2.24, 2.45) is 0 Å². The summed E-state index contributed by atoms with van der Waals surface area (Å²) < 4.78 is 0. The number of H-pyrrole nitrogens is 1. The molecule has 14 heavy (non-hydrogen) atoms. The van der Waals surface area contributed by atoms with Crippen molar-refractivity contribution in [2.45, 2.75) is 6.92 Å². The van der Waals surface area contributed by atoms with E-state index in [1.54, 1.807) is 18.2 Å². The normalized spacial score (nSPS) is 10.1. The highest BCUT2D eigenvalue weighted by atomic mass is 16.3. The van der Waals surface area contributed by atoms with Crippen LogP contribution in [0.5, 0.6) is 5.75 Å². The van der Waals surface area contributed by atoms with Crippen LogP contribution in [0.15, 0.2) is 36.5 Å². The fourth-order valence-corrected chi connectivity index (χ4v) is 1.33. The van der Waals surface area contributed by atoms with Crippen molar-refractivity contribution in [3.63, 3.8) is 0 Å². The SMILES string of the molecule is Cc1[nH]ccc1Nc1cccc(O)c1. The van der Waals surface area contributed by atoms with Crippen LogP contribution >= 0.6 is 0 Å². The molecule has 2 rings (SSSR count). The second-order valence-corrected chi connectivity index (χ2v) is 3.19. The number of hydrogen-bond donors (Lipinski definition) is 3. The molecular weight excluding hydrogens is 176 g/mol. The van der Waals surface area contributed by atoms with Gasteiger partial charge in [-0.25, -0.2) is 0 Å². The number of hydrogen-bond acceptors (Lipinski definition) is 2. The van der Waals surface area contributed by atoms with E-state index in [2.05, 4.69) is 10.3 Å². The van der Waals surface area contributed by atoms with Crippen LogP contribution < -0.4 is 5.32 Å². The number of aryl methyl sites for hydroxylation is 1. The summed E-state index contributed by atoms with van der Waals surface area (Å²) in [6.45, 7) is 1.99. The molecule has 1 heterocycles. The number of phenolic OH excluding ortho intramolecular Hbond substituents is 1. The first kappa shape index (κ1) is 8.69. The summed E-state index contributed by atoms with van der Waals surface area (Å²) in [4.78, 5) is 3.08. The molecule has 2 aromatic rings. The molecule has 72 valence electrons. The van der Waals surface area contributed by atoms with Crippen LogP contribution in [-0.2, 0) is 0 Å². The summed E-state index contributed by atoms with van der Waals surface area (Å²) in [7, 11) is 0. The van der Waals surface area contributed by atoms with Gasteiger partial charge in [-0.1, -0.05) is 6.07 Å². The van der Waals surface area contributed by atoms with Crippen molar-refractivity contribution >= 4 is 11.4 Å². The molecule has 0 saturated heterocycles. The van der Waals surface area contributed by atoms with E-state index >= 15 is 0 Å². The average Bonchev–Trinajstić information content (AvgIpc) is 2.52. The number of phenols is 1. The third kappa shape index (κ3) is 1.71. The first-order chi connectivity index (χ1) is 6.75. The summed E-state index contributed by atoms with van der Waals surface area (Å²) in [6, 6.07) is 9.01. The van der Waals surface area contributed by atoms with Gasteiger partial charge < -0.3 is 15.4 Å². The lowest BCUT2D eigenvalue weighted by Crippen LogP contribution is -1.89. The fourth-order valence-electron chi connectivity index (χ4n) is 1.33. The first-order valence-corrected chi connectivity index (χ1v) is 4.46. The Labute approximate surface area is 82.4 Å². The Balaban J connectivity index is 2.23. The molecule has 1 aromatic carbocycles. The third-order valence-electron chi connectivity index (χ3n) is 2.08. The molecular formula is C11H12N2O. The van der Waals surface area contributed by atoms with Crippen molar-refractivity contribution in [1.29, 1.82) is 0 Å². The number of nitrogens with one attached hydrogen (secondary N) is 2. The van der Waals surface area contributed by atoms with Crippen LogP contribution in [-0.4, -0.2) is 10.1 Å². The molecule has 3 nitrogen and oxygen atoms in total. The van der Waals surface area contributed by atoms with Gasteiger partial charge in [-0.2, -0.15) is 0 Å². The molecule has 0 aliphatic heterocycles. The van der Waals surface area contributed by atoms with Crippen LogP contribution in [0.4, 0.5) is 11.4 Å². The Hall–Kier alpha value is -1.90. The molecule has 0 amide bonds. The Bertz CT molecular complexity index is 434. The Morgan fingerprint density at radius 1 is 1.29 bits per heavy atom. The molecule has 0 aliphatic rings. The third-order valence-corrected chi connectivity index (χ3v) is 2.08. The average molecular weight is 188 g/mol. The van der Waals surface area contributed by atoms with Crippen LogP contribution in [0, 0.1) is 6.92 Å². The molecule has 0 aliphatic carbocycles. The summed E-state index contributed by atoms with van der Waals surface area (Å²) in [5.41, 5.74) is 2.98. The Morgan fingerprint density at radius 2 is 2.14 bits per heavy atom. The van der Waals surface area contributed by atoms with E-state index in [0.717, 1.165) is 17.1 Å². The van der Waals surface area contributed by atoms with Crippen molar-refractivity contribution in [1.82, 2.24) is 4.98 Å². The number of anilines is 2. The van der Waals surface area contributed by atoms with Gasteiger partial charge >= 0.3 is 0 Å². The molecule has 0 unspecified atom stereocenters. The topological polar surface area (TPSA) is 48.0 Å². The second kappa shape index (κ2) is 3.46. The van der Waals surface area contributed by atoms with Gasteiger partial charge in [0.05, 0.1) is 5.69 Å². The van der Waals surface area contributed by atoms with Crippen molar-refractivity contribution in [3.8, 4) is 5.75 Å². The van der Waals surface area contributed by atoms with E-state index in [-0.39, 0.29) is 5.75 Å². The van der Waals surface area contributed by atoms with E-state index in [0.29, 0.717) is 0 Å². The largest absolute Gasteiger partial charge is 0.508 e. The highest BCUT2D eigenvalue weighted by Gasteiger charge is 1.99. The van der Waals surface area contributed by atoms with Gasteiger partial charge in [-0.05, 0) is 25.1 Å². The Kier molecular flexibility index (Phi) is 2.14. The number of benzene rings is 1. The number of aromatic nitrogens is 1. The van der Waals surface area contributed by atoms with E-state index < -0.39 is 0 Å². The van der Waals surface area contributed by atoms with Crippen LogP contribution in [0.25, 0.3) is 0 Å². The predicted molar refractivity (Wildman–Crippen MR) is 56.9 cm³/mol. The zero-order valence-electron chi connectivity index (χ0n) is 7.91. The van der Waals surface area contributed by atoms with Gasteiger partial charge in [-0.15, -0.1) is 0 Å². The van der Waals surface area contributed by atoms with Crippen molar-refractivity contribution in [3.05, 3.63) is 42.2 Å². The maximum atomic E-state index is 9.26. The van der Waals surface area contributed by atoms with E-state index in [1.807, 2.05) is 25.3 Å². The fraction of sp³-hybridized carbons (Fsp3) is 0.0909. The number of aromatic hydroxyl groups is 1. The lowest BCUT2D eigenvalue weighted by Gasteiger charge is -2.05. The second-order valence-electron chi connectivity index (χ2n) is 3.19. The minimum absolute atomic E-state index is 0.267. The maximum absolute atomic E-state index is 9.26. The highest BCUT2D eigenvalue weighted by Crippen LogP contribution is 2.22. The molecule has 0 bridgehead atoms. The van der Waals surface area contributed by atoms with Gasteiger partial charge in [-0.3, -0.25) is 0 Å². The number of aromatic amines is 1. The zero-order valence-corrected chi connectivity index (χ0v) is 7.91. The van der Waals surface area contributed by atoms with Gasteiger partial charge in [0.2, 0.25) is 0 Å². The monoisotopic (exact) mass is 188 g/mol. The summed E-state index contributed by atoms with van der Waals surface area (Å²) in [5, 5.41) is 12.5. The first-order valence-electron chi connectivity index (χ1n) is 4.46. The van der Waals surface area contributed by atoms with E-state index in [4.69, 9.17) is 0 Å². The minimum atomic E-state index is 0.267. The van der Waals surface area contributed by atoms with Crippen LogP contribution in [0.2, 0.25) is 0 Å². The van der Waals surface area contributed by atoms with E-state index in [1.165, 1.54) is 0 Å². The summed E-state index contributed by atoms with van der Waals surface area (Å²) in [6.07, 6.45) is 1.88. The van der Waals surface area contributed by atoms with Gasteiger partial charge in [0, 0.05) is 23.6 Å². The summed E-state index contributed by atoms with van der Waals surface area (Å²) in [5.74, 6) is 0.267. The van der Waals surface area contributed by atoms with Crippen molar-refractivity contribution < 1.29 is 5.11 Å². The van der Waals surface area contributed by atoms with Gasteiger partial charge in [0.1, 0.15) is 5.75 Å². The lowest BCUT2D eigenvalue weighted by molar-refractivity contribution is 0.475. The van der Waals surface area contributed by atoms with Gasteiger partial charge in [0.25, 0.3) is 0 Å². The van der Waals surface area contributed by atoms with Crippen LogP contribution in [0.3, 0.4) is 0 Å². The van der Waals surface area contributed by atoms with Crippen molar-refractivity contribution in [2.75, 3.05) is 5.32 Å². The standard InChI is InChI=1S/C11H12N2O/c1-8-11(5-6-12-8)13-9-3-2-4-10(14)7-9/h2-7,12-14H,1H3. The quantitative estimate of drug-likeness (QED) is 0.678. The number of rotatable bonds is 2. The maximum Gasteiger partial charge on any atom is 0.117 e. The molecule has 3 N–H and O–H groups in total. The molecule has 0 radical (unpaired) electrons. The smallest absolute Gasteiger partial charge is 0.117 e. The molecule has 1 aromatic heterocycles. The van der Waals surface area contributed by atoms with Gasteiger partial charge in [0.15, 0.2) is 0 Å². The predicted octanol–water partition coefficient (Wildman–Crippen LogP) is 2.77. The molecule has 0 spiro atoms. The Morgan fingerprint density at radius 3 is 2.79 bits per heavy atom. The highest BCUT2D eigenvalue weighted by molar-refractivity contribution is 5.62. The molecule has 0 fully saturated rings. The molecule has 0 atom stereocenters. The van der Waals surface area contributed by atoms with Crippen LogP contribution in [0.1, 0.15) is 5.69 Å².